The van der Waals surface area contributed by atoms with Gasteiger partial charge in [-0.2, -0.15) is 8.42 Å². The largest absolute Gasteiger partial charge is 0.444 e. The van der Waals surface area contributed by atoms with Crippen LogP contribution < -0.4 is 0 Å². The van der Waals surface area contributed by atoms with Crippen LogP contribution >= 0.6 is 0 Å². The third kappa shape index (κ3) is 9.90. The van der Waals surface area contributed by atoms with Crippen molar-refractivity contribution >= 4 is 22.1 Å². The average molecular weight is 733 g/mol. The minimum atomic E-state index is -4.00. The van der Waals surface area contributed by atoms with E-state index in [1.165, 1.54) is 16.7 Å². The van der Waals surface area contributed by atoms with Gasteiger partial charge in [0.05, 0.1) is 24.5 Å². The van der Waals surface area contributed by atoms with Crippen LogP contribution in [0.3, 0.4) is 0 Å². The van der Waals surface area contributed by atoms with Crippen molar-refractivity contribution in [2.45, 2.75) is 70.9 Å². The molecule has 0 radical (unpaired) electrons. The maximum atomic E-state index is 15.2. The number of likely N-dealkylation sites (tertiary alicyclic amines) is 1. The molecular formula is C36H46F2N4O8S. The summed E-state index contributed by atoms with van der Waals surface area (Å²) in [5.41, 5.74) is 0.147. The topological polar surface area (TPSA) is 140 Å². The molecule has 0 aliphatic carbocycles. The first-order valence-electron chi connectivity index (χ1n) is 17.0. The maximum Gasteiger partial charge on any atom is 0.410 e. The molecular weight excluding hydrogens is 686 g/mol. The summed E-state index contributed by atoms with van der Waals surface area (Å²) in [7, 11) is -4.00. The van der Waals surface area contributed by atoms with E-state index in [4.69, 9.17) is 18.6 Å². The first kappa shape index (κ1) is 38.3. The number of imidazole rings is 1. The predicted octanol–water partition coefficient (Wildman–Crippen LogP) is 4.77. The zero-order valence-electron chi connectivity index (χ0n) is 29.5. The standard InChI is InChI=1S/C36H46F2N4O8S/c1-23(43)34(44)42(20-26-19-41(35(45)49-36(2,3)4)22-31(26)50-51(5,46)47)32(25-13-15-48-16-14-25)33-39-30(28-17-27(37)11-12-29(28)38)21-40(33)18-24-9-7-6-8-10-24/h6-12,17,21,23,25-26,31-32,43H,13-16,18-20,22H2,1-5H3/t23-,26?,31?,32?/m0/s1. The Kier molecular flexibility index (Phi) is 11.8. The van der Waals surface area contributed by atoms with Gasteiger partial charge in [0.1, 0.15) is 35.3 Å². The van der Waals surface area contributed by atoms with Gasteiger partial charge < -0.3 is 28.9 Å². The van der Waals surface area contributed by atoms with E-state index in [1.807, 2.05) is 30.3 Å². The lowest BCUT2D eigenvalue weighted by atomic mass is 9.88. The van der Waals surface area contributed by atoms with Gasteiger partial charge in [0.2, 0.25) is 0 Å². The minimum Gasteiger partial charge on any atom is -0.444 e. The summed E-state index contributed by atoms with van der Waals surface area (Å²) in [5, 5.41) is 10.8. The second-order valence-corrected chi connectivity index (χ2v) is 15.9. The average Bonchev–Trinajstić information content (AvgIpc) is 3.64. The quantitative estimate of drug-likeness (QED) is 0.276. The fourth-order valence-electron chi connectivity index (χ4n) is 6.69. The van der Waals surface area contributed by atoms with Gasteiger partial charge in [0, 0.05) is 50.5 Å². The highest BCUT2D eigenvalue weighted by Gasteiger charge is 2.45. The molecule has 278 valence electrons. The van der Waals surface area contributed by atoms with Crippen molar-refractivity contribution in [1.29, 1.82) is 0 Å². The van der Waals surface area contributed by atoms with Crippen molar-refractivity contribution in [1.82, 2.24) is 19.4 Å². The summed E-state index contributed by atoms with van der Waals surface area (Å²) in [5.74, 6) is -2.61. The number of ether oxygens (including phenoxy) is 2. The highest BCUT2D eigenvalue weighted by molar-refractivity contribution is 7.86. The Balaban J connectivity index is 1.63. The Morgan fingerprint density at radius 1 is 1.10 bits per heavy atom. The molecule has 1 N–H and O–H groups in total. The van der Waals surface area contributed by atoms with Crippen LogP contribution in [0, 0.1) is 23.5 Å². The molecule has 1 aromatic heterocycles. The first-order valence-corrected chi connectivity index (χ1v) is 18.8. The highest BCUT2D eigenvalue weighted by Crippen LogP contribution is 2.39. The molecule has 2 aromatic carbocycles. The van der Waals surface area contributed by atoms with Crippen LogP contribution in [0.4, 0.5) is 13.6 Å². The van der Waals surface area contributed by atoms with Gasteiger partial charge in [-0.1, -0.05) is 30.3 Å². The van der Waals surface area contributed by atoms with E-state index < -0.39 is 63.5 Å². The summed E-state index contributed by atoms with van der Waals surface area (Å²) < 4.78 is 73.0. The minimum absolute atomic E-state index is 0.00258. The van der Waals surface area contributed by atoms with Crippen LogP contribution in [0.2, 0.25) is 0 Å². The molecule has 12 nitrogen and oxygen atoms in total. The third-order valence-electron chi connectivity index (χ3n) is 8.92. The number of nitrogens with zero attached hydrogens (tertiary/aromatic N) is 4. The van der Waals surface area contributed by atoms with E-state index in [2.05, 4.69) is 0 Å². The molecule has 3 aromatic rings. The van der Waals surface area contributed by atoms with Crippen LogP contribution in [0.1, 0.15) is 58.0 Å². The van der Waals surface area contributed by atoms with Gasteiger partial charge in [0.15, 0.2) is 0 Å². The zero-order valence-corrected chi connectivity index (χ0v) is 30.3. The number of amides is 2. The summed E-state index contributed by atoms with van der Waals surface area (Å²) >= 11 is 0. The van der Waals surface area contributed by atoms with E-state index in [9.17, 15) is 27.5 Å². The Bertz CT molecular complexity index is 1790. The lowest BCUT2D eigenvalue weighted by molar-refractivity contribution is -0.145. The van der Waals surface area contributed by atoms with Gasteiger partial charge in [-0.15, -0.1) is 0 Å². The predicted molar refractivity (Wildman–Crippen MR) is 184 cm³/mol. The van der Waals surface area contributed by atoms with Crippen molar-refractivity contribution in [3.05, 3.63) is 77.8 Å². The Hall–Kier alpha value is -3.92. The molecule has 2 saturated heterocycles. The third-order valence-corrected chi connectivity index (χ3v) is 9.52. The zero-order chi connectivity index (χ0) is 37.1. The molecule has 2 aliphatic heterocycles. The second kappa shape index (κ2) is 15.8. The van der Waals surface area contributed by atoms with Crippen LogP contribution in [-0.2, 0) is 35.1 Å². The van der Waals surface area contributed by atoms with Gasteiger partial charge in [-0.05, 0) is 70.2 Å². The highest BCUT2D eigenvalue weighted by atomic mass is 32.2. The molecule has 2 aliphatic rings. The smallest absolute Gasteiger partial charge is 0.410 e. The number of rotatable bonds is 11. The number of aliphatic hydroxyl groups is 1. The molecule has 4 atom stereocenters. The fourth-order valence-corrected chi connectivity index (χ4v) is 7.36. The molecule has 3 heterocycles. The SMILES string of the molecule is C[C@H](O)C(=O)N(CC1CN(C(=O)OC(C)(C)C)CC1OS(C)(=O)=O)C(c1nc(-c2cc(F)ccc2F)cn1Cc1ccccc1)C1CCOCC1. The van der Waals surface area contributed by atoms with Gasteiger partial charge in [-0.3, -0.25) is 8.98 Å². The van der Waals surface area contributed by atoms with Crippen molar-refractivity contribution in [3.8, 4) is 11.3 Å². The number of carbonyl (C=O) groups is 2. The van der Waals surface area contributed by atoms with Gasteiger partial charge in [0.25, 0.3) is 16.0 Å². The molecule has 15 heteroatoms. The van der Waals surface area contributed by atoms with E-state index >= 15 is 4.39 Å². The molecule has 0 bridgehead atoms. The van der Waals surface area contributed by atoms with Crippen LogP contribution in [0.15, 0.2) is 54.7 Å². The second-order valence-electron chi connectivity index (χ2n) is 14.3. The Morgan fingerprint density at radius 3 is 2.41 bits per heavy atom. The first-order chi connectivity index (χ1) is 24.0. The maximum absolute atomic E-state index is 15.2. The van der Waals surface area contributed by atoms with Crippen molar-refractivity contribution in [2.75, 3.05) is 39.1 Å². The van der Waals surface area contributed by atoms with Crippen molar-refractivity contribution < 1.29 is 45.6 Å². The molecule has 51 heavy (non-hydrogen) atoms. The van der Waals surface area contributed by atoms with Gasteiger partial charge in [-0.25, -0.2) is 18.6 Å². The summed E-state index contributed by atoms with van der Waals surface area (Å²) in [6.07, 6.45) is 0.379. The summed E-state index contributed by atoms with van der Waals surface area (Å²) in [6, 6.07) is 11.7. The van der Waals surface area contributed by atoms with Gasteiger partial charge >= 0.3 is 6.09 Å². The van der Waals surface area contributed by atoms with Crippen LogP contribution in [0.25, 0.3) is 11.3 Å². The normalized spacial score (nSPS) is 19.9. The summed E-state index contributed by atoms with van der Waals surface area (Å²) in [6.45, 7) is 7.28. The fraction of sp³-hybridized carbons (Fsp3) is 0.528. The van der Waals surface area contributed by atoms with E-state index in [0.717, 1.165) is 30.0 Å². The van der Waals surface area contributed by atoms with Crippen LogP contribution in [0.5, 0.6) is 0 Å². The molecule has 0 spiro atoms. The van der Waals surface area contributed by atoms with E-state index in [1.54, 1.807) is 31.5 Å². The van der Waals surface area contributed by atoms with Crippen LogP contribution in [-0.4, -0.2) is 102 Å². The number of aliphatic hydroxyl groups excluding tert-OH is 1. The molecule has 2 fully saturated rings. The lowest BCUT2D eigenvalue weighted by Crippen LogP contribution is -2.49. The summed E-state index contributed by atoms with van der Waals surface area (Å²) in [4.78, 5) is 35.0. The number of benzene rings is 2. The van der Waals surface area contributed by atoms with Crippen molar-refractivity contribution in [2.24, 2.45) is 11.8 Å². The lowest BCUT2D eigenvalue weighted by Gasteiger charge is -2.40. The molecule has 0 saturated carbocycles. The Morgan fingerprint density at radius 2 is 1.78 bits per heavy atom. The number of halogens is 2. The number of carbonyl (C=O) groups excluding carboxylic acids is 2. The van der Waals surface area contributed by atoms with Crippen molar-refractivity contribution in [3.63, 3.8) is 0 Å². The number of aromatic nitrogens is 2. The Labute approximate surface area is 297 Å². The number of hydrogen-bond acceptors (Lipinski definition) is 9. The molecule has 3 unspecified atom stereocenters. The molecule has 2 amide bonds. The van der Waals surface area contributed by atoms with E-state index in [-0.39, 0.29) is 43.4 Å². The molecule has 5 rings (SSSR count). The van der Waals surface area contributed by atoms with E-state index in [0.29, 0.717) is 31.9 Å². The number of hydrogen-bond donors (Lipinski definition) is 1. The monoisotopic (exact) mass is 732 g/mol.